The maximum Gasteiger partial charge on any atom is 0.277 e. The van der Waals surface area contributed by atoms with Gasteiger partial charge in [0.2, 0.25) is 0 Å². The summed E-state index contributed by atoms with van der Waals surface area (Å²) in [5, 5.41) is 23.9. The first-order valence-corrected chi connectivity index (χ1v) is 7.19. The molecule has 0 N–H and O–H groups in total. The van der Waals surface area contributed by atoms with Crippen LogP contribution in [-0.4, -0.2) is 4.92 Å². The summed E-state index contributed by atoms with van der Waals surface area (Å²) in [6, 6.07) is 16.4. The smallest absolute Gasteiger partial charge is 0.258 e. The highest BCUT2D eigenvalue weighted by Gasteiger charge is 2.21. The molecule has 21 heavy (non-hydrogen) atoms. The third-order valence-electron chi connectivity index (χ3n) is 3.40. The fourth-order valence-electron chi connectivity index (χ4n) is 2.46. The topological polar surface area (TPSA) is 66.9 Å². The summed E-state index contributed by atoms with van der Waals surface area (Å²) < 4.78 is 0. The van der Waals surface area contributed by atoms with E-state index in [1.807, 2.05) is 29.6 Å². The number of hydrogen-bond acceptors (Lipinski definition) is 4. The maximum absolute atomic E-state index is 11.1. The van der Waals surface area contributed by atoms with Gasteiger partial charge in [-0.3, -0.25) is 10.1 Å². The lowest BCUT2D eigenvalue weighted by molar-refractivity contribution is -0.383. The summed E-state index contributed by atoms with van der Waals surface area (Å²) in [7, 11) is 0. The second-order valence-electron chi connectivity index (χ2n) is 4.55. The van der Waals surface area contributed by atoms with Crippen LogP contribution in [-0.2, 0) is 0 Å². The van der Waals surface area contributed by atoms with Crippen molar-refractivity contribution in [1.82, 2.24) is 0 Å². The molecule has 0 saturated carbocycles. The minimum Gasteiger partial charge on any atom is -0.258 e. The Bertz CT molecular complexity index is 850. The molecule has 0 saturated heterocycles. The third kappa shape index (κ3) is 2.26. The molecule has 0 fully saturated rings. The van der Waals surface area contributed by atoms with Gasteiger partial charge in [0.1, 0.15) is 5.92 Å². The van der Waals surface area contributed by atoms with Crippen LogP contribution < -0.4 is 0 Å². The molecule has 3 aromatic rings. The second-order valence-corrected chi connectivity index (χ2v) is 5.53. The van der Waals surface area contributed by atoms with E-state index in [1.165, 1.54) is 17.4 Å². The van der Waals surface area contributed by atoms with Crippen LogP contribution >= 0.6 is 11.3 Å². The number of hydrogen-bond donors (Lipinski definition) is 0. The molecule has 1 unspecified atom stereocenters. The van der Waals surface area contributed by atoms with Crippen molar-refractivity contribution >= 4 is 27.8 Å². The summed E-state index contributed by atoms with van der Waals surface area (Å²) in [6.07, 6.45) is 0. The fraction of sp³-hybridized carbons (Fsp3) is 0.0625. The van der Waals surface area contributed by atoms with Gasteiger partial charge in [0.15, 0.2) is 0 Å². The molecule has 1 heterocycles. The molecule has 5 heteroatoms. The SMILES string of the molecule is N#CC(c1cccs1)c1ccc([N+](=O)[O-])c2ccccc12. The Morgan fingerprint density at radius 1 is 1.10 bits per heavy atom. The molecular weight excluding hydrogens is 284 g/mol. The van der Waals surface area contributed by atoms with Crippen molar-refractivity contribution in [3.63, 3.8) is 0 Å². The van der Waals surface area contributed by atoms with Crippen molar-refractivity contribution in [2.45, 2.75) is 5.92 Å². The molecule has 4 nitrogen and oxygen atoms in total. The van der Waals surface area contributed by atoms with E-state index in [0.717, 1.165) is 15.8 Å². The van der Waals surface area contributed by atoms with Crippen molar-refractivity contribution in [3.8, 4) is 6.07 Å². The monoisotopic (exact) mass is 294 g/mol. The molecule has 1 aromatic heterocycles. The molecule has 1 atom stereocenters. The molecule has 2 aromatic carbocycles. The standard InChI is InChI=1S/C16H10N2O2S/c17-10-14(16-6-3-9-21-16)12-7-8-15(18(19)20)13-5-2-1-4-11(12)13/h1-9,14H. The third-order valence-corrected chi connectivity index (χ3v) is 4.34. The Morgan fingerprint density at radius 2 is 1.86 bits per heavy atom. The average Bonchev–Trinajstić information content (AvgIpc) is 3.02. The Morgan fingerprint density at radius 3 is 2.48 bits per heavy atom. The second kappa shape index (κ2) is 5.35. The van der Waals surface area contributed by atoms with Gasteiger partial charge in [0, 0.05) is 10.9 Å². The van der Waals surface area contributed by atoms with E-state index in [4.69, 9.17) is 0 Å². The maximum atomic E-state index is 11.1. The molecule has 102 valence electrons. The van der Waals surface area contributed by atoms with Crippen LogP contribution in [0.2, 0.25) is 0 Å². The Kier molecular flexibility index (Phi) is 3.38. The molecule has 0 aliphatic carbocycles. The van der Waals surface area contributed by atoms with E-state index in [9.17, 15) is 15.4 Å². The number of benzene rings is 2. The van der Waals surface area contributed by atoms with Crippen LogP contribution in [0.15, 0.2) is 53.9 Å². The van der Waals surface area contributed by atoms with Gasteiger partial charge in [0.05, 0.1) is 16.4 Å². The van der Waals surface area contributed by atoms with E-state index in [1.54, 1.807) is 18.2 Å². The van der Waals surface area contributed by atoms with Crippen molar-refractivity contribution in [2.75, 3.05) is 0 Å². The predicted octanol–water partition coefficient (Wildman–Crippen LogP) is 4.46. The minimum atomic E-state index is -0.407. The number of nitro groups is 1. The lowest BCUT2D eigenvalue weighted by Gasteiger charge is -2.11. The van der Waals surface area contributed by atoms with Crippen LogP contribution in [0.4, 0.5) is 5.69 Å². The zero-order valence-corrected chi connectivity index (χ0v) is 11.7. The van der Waals surface area contributed by atoms with Crippen LogP contribution in [0.1, 0.15) is 16.4 Å². The van der Waals surface area contributed by atoms with Gasteiger partial charge in [-0.2, -0.15) is 5.26 Å². The molecule has 0 aliphatic heterocycles. The first-order chi connectivity index (χ1) is 10.2. The predicted molar refractivity (Wildman–Crippen MR) is 82.4 cm³/mol. The normalized spacial score (nSPS) is 12.0. The molecule has 3 rings (SSSR count). The van der Waals surface area contributed by atoms with Crippen molar-refractivity contribution in [3.05, 3.63) is 74.5 Å². The van der Waals surface area contributed by atoms with Crippen LogP contribution in [0.25, 0.3) is 10.8 Å². The summed E-state index contributed by atoms with van der Waals surface area (Å²) in [5.41, 5.74) is 0.873. The van der Waals surface area contributed by atoms with E-state index in [-0.39, 0.29) is 5.69 Å². The zero-order valence-electron chi connectivity index (χ0n) is 10.9. The number of nitro benzene ring substituents is 1. The van der Waals surface area contributed by atoms with Crippen molar-refractivity contribution < 1.29 is 4.92 Å². The van der Waals surface area contributed by atoms with Gasteiger partial charge in [-0.15, -0.1) is 11.3 Å². The minimum absolute atomic E-state index is 0.0669. The van der Waals surface area contributed by atoms with Crippen LogP contribution in [0.5, 0.6) is 0 Å². The molecule has 0 bridgehead atoms. The summed E-state index contributed by atoms with van der Waals surface area (Å²) in [6.45, 7) is 0. The van der Waals surface area contributed by atoms with Crippen molar-refractivity contribution in [1.29, 1.82) is 5.26 Å². The quantitative estimate of drug-likeness (QED) is 0.529. The first kappa shape index (κ1) is 13.3. The van der Waals surface area contributed by atoms with Crippen molar-refractivity contribution in [2.24, 2.45) is 0 Å². The van der Waals surface area contributed by atoms with E-state index >= 15 is 0 Å². The van der Waals surface area contributed by atoms with E-state index < -0.39 is 10.8 Å². The first-order valence-electron chi connectivity index (χ1n) is 6.31. The molecule has 0 amide bonds. The highest BCUT2D eigenvalue weighted by Crippen LogP contribution is 2.36. The van der Waals surface area contributed by atoms with Gasteiger partial charge in [0.25, 0.3) is 5.69 Å². The van der Waals surface area contributed by atoms with Gasteiger partial charge in [-0.25, -0.2) is 0 Å². The average molecular weight is 294 g/mol. The molecule has 0 aliphatic rings. The Balaban J connectivity index is 2.27. The number of rotatable bonds is 3. The van der Waals surface area contributed by atoms with E-state index in [2.05, 4.69) is 6.07 Å². The Labute approximate surface area is 125 Å². The number of thiophene rings is 1. The summed E-state index contributed by atoms with van der Waals surface area (Å²) in [4.78, 5) is 11.7. The van der Waals surface area contributed by atoms with Crippen LogP contribution in [0.3, 0.4) is 0 Å². The summed E-state index contributed by atoms with van der Waals surface area (Å²) in [5.74, 6) is -0.407. The lowest BCUT2D eigenvalue weighted by Crippen LogP contribution is -1.99. The molecular formula is C16H10N2O2S. The number of nitriles is 1. The fourth-order valence-corrected chi connectivity index (χ4v) is 3.25. The van der Waals surface area contributed by atoms with Gasteiger partial charge >= 0.3 is 0 Å². The van der Waals surface area contributed by atoms with Crippen LogP contribution in [0, 0.1) is 21.4 Å². The largest absolute Gasteiger partial charge is 0.277 e. The van der Waals surface area contributed by atoms with E-state index in [0.29, 0.717) is 5.39 Å². The van der Waals surface area contributed by atoms with Gasteiger partial charge in [-0.1, -0.05) is 24.3 Å². The summed E-state index contributed by atoms with van der Waals surface area (Å²) >= 11 is 1.51. The Hall–Kier alpha value is -2.71. The van der Waals surface area contributed by atoms with Gasteiger partial charge < -0.3 is 0 Å². The molecule has 0 radical (unpaired) electrons. The number of non-ortho nitro benzene ring substituents is 1. The highest BCUT2D eigenvalue weighted by molar-refractivity contribution is 7.10. The number of nitrogens with zero attached hydrogens (tertiary/aromatic N) is 2. The lowest BCUT2D eigenvalue weighted by atomic mass is 9.92. The zero-order chi connectivity index (χ0) is 14.8. The van der Waals surface area contributed by atoms with Gasteiger partial charge in [-0.05, 0) is 34.5 Å². The molecule has 0 spiro atoms. The highest BCUT2D eigenvalue weighted by atomic mass is 32.1. The number of fused-ring (bicyclic) bond motifs is 1.